The van der Waals surface area contributed by atoms with Crippen molar-refractivity contribution in [2.75, 3.05) is 13.1 Å². The van der Waals surface area contributed by atoms with E-state index < -0.39 is 0 Å². The molecule has 4 heterocycles. The Morgan fingerprint density at radius 3 is 2.72 bits per heavy atom. The number of carbonyl (C=O) groups excluding carboxylic acids is 2. The SMILES string of the molecule is Cc1nccn1-c1cc(CNC(=O)C2CCN(C(=O)c3ccoc3)CC2)ccn1. The van der Waals surface area contributed by atoms with Crippen LogP contribution in [0.5, 0.6) is 0 Å². The number of hydrogen-bond donors (Lipinski definition) is 1. The minimum atomic E-state index is -0.0828. The highest BCUT2D eigenvalue weighted by atomic mass is 16.3. The van der Waals surface area contributed by atoms with Gasteiger partial charge in [0.05, 0.1) is 11.8 Å². The van der Waals surface area contributed by atoms with Gasteiger partial charge in [0.15, 0.2) is 0 Å². The van der Waals surface area contributed by atoms with Crippen molar-refractivity contribution in [1.29, 1.82) is 0 Å². The van der Waals surface area contributed by atoms with Gasteiger partial charge >= 0.3 is 0 Å². The standard InChI is InChI=1S/C21H23N5O3/c1-15-22-7-10-26(15)19-12-16(2-6-23-19)13-24-20(27)17-3-8-25(9-4-17)21(28)18-5-11-29-14-18/h2,5-7,10-12,14,17H,3-4,8-9,13H2,1H3,(H,24,27). The first kappa shape index (κ1) is 18.9. The number of aryl methyl sites for hydroxylation is 1. The Bertz CT molecular complexity index is 987. The molecular formula is C21H23N5O3. The van der Waals surface area contributed by atoms with Crippen LogP contribution in [0.4, 0.5) is 0 Å². The van der Waals surface area contributed by atoms with Crippen LogP contribution in [0.3, 0.4) is 0 Å². The van der Waals surface area contributed by atoms with Crippen molar-refractivity contribution in [2.24, 2.45) is 5.92 Å². The summed E-state index contributed by atoms with van der Waals surface area (Å²) in [7, 11) is 0. The predicted molar refractivity (Wildman–Crippen MR) is 105 cm³/mol. The van der Waals surface area contributed by atoms with Gasteiger partial charge in [0.1, 0.15) is 17.9 Å². The number of hydrogen-bond acceptors (Lipinski definition) is 5. The number of amides is 2. The van der Waals surface area contributed by atoms with Crippen molar-refractivity contribution >= 4 is 11.8 Å². The van der Waals surface area contributed by atoms with E-state index in [1.54, 1.807) is 23.4 Å². The maximum Gasteiger partial charge on any atom is 0.257 e. The van der Waals surface area contributed by atoms with E-state index in [1.807, 2.05) is 29.8 Å². The van der Waals surface area contributed by atoms with Crippen molar-refractivity contribution in [3.63, 3.8) is 0 Å². The minimum absolute atomic E-state index is 0.0255. The molecule has 0 saturated carbocycles. The maximum atomic E-state index is 12.6. The number of pyridine rings is 1. The number of piperidine rings is 1. The molecule has 150 valence electrons. The van der Waals surface area contributed by atoms with E-state index in [-0.39, 0.29) is 17.7 Å². The summed E-state index contributed by atoms with van der Waals surface area (Å²) >= 11 is 0. The average molecular weight is 393 g/mol. The number of rotatable bonds is 5. The lowest BCUT2D eigenvalue weighted by Crippen LogP contribution is -2.42. The van der Waals surface area contributed by atoms with Gasteiger partial charge in [-0.3, -0.25) is 14.2 Å². The van der Waals surface area contributed by atoms with E-state index in [9.17, 15) is 9.59 Å². The summed E-state index contributed by atoms with van der Waals surface area (Å²) in [6.45, 7) is 3.50. The normalized spacial score (nSPS) is 14.7. The smallest absolute Gasteiger partial charge is 0.257 e. The van der Waals surface area contributed by atoms with Gasteiger partial charge in [0.25, 0.3) is 5.91 Å². The summed E-state index contributed by atoms with van der Waals surface area (Å²) in [6, 6.07) is 5.50. The Morgan fingerprint density at radius 1 is 1.21 bits per heavy atom. The quantitative estimate of drug-likeness (QED) is 0.718. The number of nitrogens with one attached hydrogen (secondary N) is 1. The van der Waals surface area contributed by atoms with E-state index in [0.717, 1.165) is 17.2 Å². The molecule has 2 amide bonds. The highest BCUT2D eigenvalue weighted by Crippen LogP contribution is 2.20. The van der Waals surface area contributed by atoms with Gasteiger partial charge in [-0.2, -0.15) is 0 Å². The molecule has 0 aromatic carbocycles. The van der Waals surface area contributed by atoms with Crippen molar-refractivity contribution in [2.45, 2.75) is 26.3 Å². The molecule has 8 nitrogen and oxygen atoms in total. The van der Waals surface area contributed by atoms with Gasteiger partial charge in [-0.1, -0.05) is 0 Å². The molecular weight excluding hydrogens is 370 g/mol. The summed E-state index contributed by atoms with van der Waals surface area (Å²) in [5.74, 6) is 1.53. The summed E-state index contributed by atoms with van der Waals surface area (Å²) < 4.78 is 6.88. The molecule has 1 aliphatic heterocycles. The fourth-order valence-corrected chi connectivity index (χ4v) is 3.57. The van der Waals surface area contributed by atoms with Gasteiger partial charge in [-0.25, -0.2) is 9.97 Å². The number of carbonyl (C=O) groups is 2. The van der Waals surface area contributed by atoms with Crippen molar-refractivity contribution in [3.8, 4) is 5.82 Å². The Hall–Kier alpha value is -3.42. The second-order valence-electron chi connectivity index (χ2n) is 7.16. The van der Waals surface area contributed by atoms with Crippen LogP contribution in [0.15, 0.2) is 53.7 Å². The van der Waals surface area contributed by atoms with E-state index in [4.69, 9.17) is 4.42 Å². The van der Waals surface area contributed by atoms with Gasteiger partial charge < -0.3 is 14.6 Å². The third-order valence-electron chi connectivity index (χ3n) is 5.27. The summed E-state index contributed by atoms with van der Waals surface area (Å²) in [6.07, 6.45) is 9.59. The molecule has 0 aliphatic carbocycles. The van der Waals surface area contributed by atoms with E-state index in [2.05, 4.69) is 15.3 Å². The molecule has 0 spiro atoms. The van der Waals surface area contributed by atoms with Crippen molar-refractivity contribution < 1.29 is 14.0 Å². The zero-order valence-corrected chi connectivity index (χ0v) is 16.2. The second-order valence-corrected chi connectivity index (χ2v) is 7.16. The lowest BCUT2D eigenvalue weighted by molar-refractivity contribution is -0.126. The first-order valence-corrected chi connectivity index (χ1v) is 9.66. The Morgan fingerprint density at radius 2 is 2.03 bits per heavy atom. The molecule has 1 aliphatic rings. The van der Waals surface area contributed by atoms with Crippen LogP contribution >= 0.6 is 0 Å². The molecule has 3 aromatic heterocycles. The lowest BCUT2D eigenvalue weighted by atomic mass is 9.95. The molecule has 0 bridgehead atoms. The number of imidazole rings is 1. The van der Waals surface area contributed by atoms with E-state index in [1.165, 1.54) is 12.5 Å². The first-order valence-electron chi connectivity index (χ1n) is 9.66. The lowest BCUT2D eigenvalue weighted by Gasteiger charge is -2.31. The summed E-state index contributed by atoms with van der Waals surface area (Å²) in [4.78, 5) is 35.3. The molecule has 29 heavy (non-hydrogen) atoms. The molecule has 3 aromatic rings. The van der Waals surface area contributed by atoms with E-state index in [0.29, 0.717) is 38.0 Å². The molecule has 0 atom stereocenters. The Kier molecular flexibility index (Phi) is 5.41. The van der Waals surface area contributed by atoms with Crippen molar-refractivity contribution in [3.05, 3.63) is 66.3 Å². The molecule has 0 radical (unpaired) electrons. The van der Waals surface area contributed by atoms with Gasteiger partial charge in [-0.15, -0.1) is 0 Å². The van der Waals surface area contributed by atoms with Crippen LogP contribution in [0, 0.1) is 12.8 Å². The first-order chi connectivity index (χ1) is 14.1. The fourth-order valence-electron chi connectivity index (χ4n) is 3.57. The van der Waals surface area contributed by atoms with Crippen LogP contribution in [0.1, 0.15) is 34.6 Å². The Balaban J connectivity index is 1.30. The molecule has 1 fully saturated rings. The molecule has 0 unspecified atom stereocenters. The minimum Gasteiger partial charge on any atom is -0.472 e. The molecule has 8 heteroatoms. The zero-order valence-electron chi connectivity index (χ0n) is 16.2. The van der Waals surface area contributed by atoms with Crippen LogP contribution in [0.2, 0.25) is 0 Å². The highest BCUT2D eigenvalue weighted by Gasteiger charge is 2.28. The molecule has 1 N–H and O–H groups in total. The predicted octanol–water partition coefficient (Wildman–Crippen LogP) is 2.34. The van der Waals surface area contributed by atoms with E-state index >= 15 is 0 Å². The number of furan rings is 1. The Labute approximate surface area is 168 Å². The highest BCUT2D eigenvalue weighted by molar-refractivity contribution is 5.94. The third kappa shape index (κ3) is 4.21. The zero-order chi connectivity index (χ0) is 20.2. The average Bonchev–Trinajstić information content (AvgIpc) is 3.44. The number of aromatic nitrogens is 3. The van der Waals surface area contributed by atoms with Crippen LogP contribution in [-0.2, 0) is 11.3 Å². The largest absolute Gasteiger partial charge is 0.472 e. The van der Waals surface area contributed by atoms with Gasteiger partial charge in [0, 0.05) is 44.1 Å². The maximum absolute atomic E-state index is 12.6. The number of nitrogens with zero attached hydrogens (tertiary/aromatic N) is 4. The van der Waals surface area contributed by atoms with Crippen LogP contribution in [-0.4, -0.2) is 44.3 Å². The summed E-state index contributed by atoms with van der Waals surface area (Å²) in [5.41, 5.74) is 1.53. The van der Waals surface area contributed by atoms with Crippen LogP contribution < -0.4 is 5.32 Å². The van der Waals surface area contributed by atoms with Gasteiger partial charge in [-0.05, 0) is 43.5 Å². The van der Waals surface area contributed by atoms with Crippen molar-refractivity contribution in [1.82, 2.24) is 24.8 Å². The third-order valence-corrected chi connectivity index (χ3v) is 5.27. The molecule has 1 saturated heterocycles. The molecule has 4 rings (SSSR count). The summed E-state index contributed by atoms with van der Waals surface area (Å²) in [5, 5.41) is 3.02. The van der Waals surface area contributed by atoms with Gasteiger partial charge in [0.2, 0.25) is 5.91 Å². The fraction of sp³-hybridized carbons (Fsp3) is 0.333. The monoisotopic (exact) mass is 393 g/mol. The topological polar surface area (TPSA) is 93.3 Å². The number of likely N-dealkylation sites (tertiary alicyclic amines) is 1. The second kappa shape index (κ2) is 8.30. The van der Waals surface area contributed by atoms with Crippen LogP contribution in [0.25, 0.3) is 5.82 Å².